The van der Waals surface area contributed by atoms with Crippen molar-refractivity contribution in [2.45, 2.75) is 33.2 Å². The van der Waals surface area contributed by atoms with Gasteiger partial charge in [0.25, 0.3) is 0 Å². The molecular formula is C14H21BrClFN2O. The van der Waals surface area contributed by atoms with Crippen LogP contribution in [0.4, 0.5) is 4.39 Å². The zero-order valence-corrected chi connectivity index (χ0v) is 14.3. The van der Waals surface area contributed by atoms with E-state index in [9.17, 15) is 9.18 Å². The molecule has 1 aromatic rings. The molecule has 0 aliphatic carbocycles. The van der Waals surface area contributed by atoms with Gasteiger partial charge in [-0.1, -0.05) is 26.8 Å². The second-order valence-electron chi connectivity index (χ2n) is 5.63. The molecule has 0 aliphatic heterocycles. The number of carbonyl (C=O) groups excluding carboxylic acids is 1. The molecule has 0 bridgehead atoms. The number of hydrogen-bond acceptors (Lipinski definition) is 2. The standard InChI is InChI=1S/C14H20BrFN2O.ClH/c1-14(2,3)12(17)13(19)18-7-6-9-4-5-11(16)10(15)8-9;/h4-5,8,12H,6-7,17H2,1-3H3,(H,18,19);1H/t12-;/m1./s1. The van der Waals surface area contributed by atoms with Gasteiger partial charge in [-0.2, -0.15) is 0 Å². The van der Waals surface area contributed by atoms with Crippen LogP contribution in [0.3, 0.4) is 0 Å². The first-order valence-corrected chi connectivity index (χ1v) is 6.98. The van der Waals surface area contributed by atoms with Crippen LogP contribution in [0.1, 0.15) is 26.3 Å². The Hall–Kier alpha value is -0.650. The van der Waals surface area contributed by atoms with Crippen LogP contribution in [0, 0.1) is 11.2 Å². The summed E-state index contributed by atoms with van der Waals surface area (Å²) in [5.74, 6) is -0.448. The van der Waals surface area contributed by atoms with E-state index in [1.807, 2.05) is 20.8 Å². The third kappa shape index (κ3) is 5.77. The van der Waals surface area contributed by atoms with Crippen LogP contribution in [0.5, 0.6) is 0 Å². The molecule has 1 rings (SSSR count). The lowest BCUT2D eigenvalue weighted by atomic mass is 9.87. The summed E-state index contributed by atoms with van der Waals surface area (Å²) in [5, 5.41) is 2.80. The van der Waals surface area contributed by atoms with Crippen LogP contribution < -0.4 is 11.1 Å². The highest BCUT2D eigenvalue weighted by atomic mass is 79.9. The van der Waals surface area contributed by atoms with Crippen molar-refractivity contribution in [1.29, 1.82) is 0 Å². The second-order valence-corrected chi connectivity index (χ2v) is 6.49. The third-order valence-corrected chi connectivity index (χ3v) is 3.52. The van der Waals surface area contributed by atoms with Gasteiger partial charge in [0.1, 0.15) is 5.82 Å². The molecule has 1 amide bonds. The molecule has 0 heterocycles. The van der Waals surface area contributed by atoms with E-state index in [0.29, 0.717) is 17.4 Å². The molecule has 0 spiro atoms. The number of benzene rings is 1. The molecule has 0 saturated carbocycles. The van der Waals surface area contributed by atoms with E-state index >= 15 is 0 Å². The van der Waals surface area contributed by atoms with Gasteiger partial charge in [0.05, 0.1) is 10.5 Å². The Kier molecular flexibility index (Phi) is 7.70. The highest BCUT2D eigenvalue weighted by Crippen LogP contribution is 2.18. The number of nitrogens with one attached hydrogen (secondary N) is 1. The average Bonchev–Trinajstić information content (AvgIpc) is 2.31. The number of rotatable bonds is 4. The lowest BCUT2D eigenvalue weighted by molar-refractivity contribution is -0.124. The molecule has 0 radical (unpaired) electrons. The van der Waals surface area contributed by atoms with Crippen molar-refractivity contribution in [3.63, 3.8) is 0 Å². The molecule has 1 aromatic carbocycles. The Labute approximate surface area is 134 Å². The molecule has 1 atom stereocenters. The van der Waals surface area contributed by atoms with Crippen molar-refractivity contribution >= 4 is 34.2 Å². The highest BCUT2D eigenvalue weighted by molar-refractivity contribution is 9.10. The van der Waals surface area contributed by atoms with E-state index in [1.54, 1.807) is 12.1 Å². The van der Waals surface area contributed by atoms with Crippen LogP contribution in [-0.4, -0.2) is 18.5 Å². The van der Waals surface area contributed by atoms with E-state index in [2.05, 4.69) is 21.2 Å². The smallest absolute Gasteiger partial charge is 0.237 e. The topological polar surface area (TPSA) is 55.1 Å². The zero-order chi connectivity index (χ0) is 14.6. The minimum Gasteiger partial charge on any atom is -0.354 e. The summed E-state index contributed by atoms with van der Waals surface area (Å²) in [6.45, 7) is 6.26. The van der Waals surface area contributed by atoms with E-state index in [1.165, 1.54) is 6.07 Å². The van der Waals surface area contributed by atoms with Crippen LogP contribution in [0.25, 0.3) is 0 Å². The molecule has 3 nitrogen and oxygen atoms in total. The monoisotopic (exact) mass is 366 g/mol. The summed E-state index contributed by atoms with van der Waals surface area (Å²) in [6.07, 6.45) is 0.640. The lowest BCUT2D eigenvalue weighted by Gasteiger charge is -2.25. The molecular weight excluding hydrogens is 347 g/mol. The fraction of sp³-hybridized carbons (Fsp3) is 0.500. The van der Waals surface area contributed by atoms with E-state index < -0.39 is 6.04 Å². The van der Waals surface area contributed by atoms with Crippen molar-refractivity contribution in [3.8, 4) is 0 Å². The van der Waals surface area contributed by atoms with Crippen LogP contribution in [0.2, 0.25) is 0 Å². The maximum Gasteiger partial charge on any atom is 0.237 e. The highest BCUT2D eigenvalue weighted by Gasteiger charge is 2.26. The Morgan fingerprint density at radius 2 is 2.05 bits per heavy atom. The fourth-order valence-electron chi connectivity index (χ4n) is 1.53. The molecule has 20 heavy (non-hydrogen) atoms. The van der Waals surface area contributed by atoms with Gasteiger partial charge in [-0.05, 0) is 45.5 Å². The van der Waals surface area contributed by atoms with Crippen molar-refractivity contribution in [3.05, 3.63) is 34.1 Å². The summed E-state index contributed by atoms with van der Waals surface area (Å²) in [6, 6.07) is 4.29. The predicted octanol–water partition coefficient (Wildman–Crippen LogP) is 3.04. The van der Waals surface area contributed by atoms with Gasteiger partial charge in [-0.25, -0.2) is 4.39 Å². The number of halogens is 3. The molecule has 114 valence electrons. The number of hydrogen-bond donors (Lipinski definition) is 2. The number of amides is 1. The summed E-state index contributed by atoms with van der Waals surface area (Å²) in [5.41, 5.74) is 6.54. The Morgan fingerprint density at radius 3 is 2.55 bits per heavy atom. The van der Waals surface area contributed by atoms with Gasteiger partial charge < -0.3 is 11.1 Å². The molecule has 0 fully saturated rings. The Morgan fingerprint density at radius 1 is 1.45 bits per heavy atom. The van der Waals surface area contributed by atoms with Crippen molar-refractivity contribution in [2.24, 2.45) is 11.1 Å². The normalized spacial score (nSPS) is 12.5. The summed E-state index contributed by atoms with van der Waals surface area (Å²) in [7, 11) is 0. The van der Waals surface area contributed by atoms with Gasteiger partial charge >= 0.3 is 0 Å². The zero-order valence-electron chi connectivity index (χ0n) is 11.9. The van der Waals surface area contributed by atoms with Gasteiger partial charge in [0, 0.05) is 6.54 Å². The fourth-order valence-corrected chi connectivity index (χ4v) is 1.95. The first-order valence-electron chi connectivity index (χ1n) is 6.19. The first kappa shape index (κ1) is 19.4. The molecule has 0 saturated heterocycles. The molecule has 6 heteroatoms. The third-order valence-electron chi connectivity index (χ3n) is 2.91. The molecule has 0 aromatic heterocycles. The van der Waals surface area contributed by atoms with Crippen LogP contribution >= 0.6 is 28.3 Å². The minimum absolute atomic E-state index is 0. The number of carbonyl (C=O) groups is 1. The summed E-state index contributed by atoms with van der Waals surface area (Å²) in [4.78, 5) is 11.8. The van der Waals surface area contributed by atoms with E-state index in [0.717, 1.165) is 5.56 Å². The minimum atomic E-state index is -0.535. The van der Waals surface area contributed by atoms with E-state index in [4.69, 9.17) is 5.73 Å². The maximum absolute atomic E-state index is 13.1. The van der Waals surface area contributed by atoms with Crippen LogP contribution in [-0.2, 0) is 11.2 Å². The first-order chi connectivity index (χ1) is 8.71. The van der Waals surface area contributed by atoms with Crippen molar-refractivity contribution in [2.75, 3.05) is 6.54 Å². The summed E-state index contributed by atoms with van der Waals surface area (Å²) >= 11 is 3.13. The predicted molar refractivity (Wildman–Crippen MR) is 85.5 cm³/mol. The largest absolute Gasteiger partial charge is 0.354 e. The number of nitrogens with two attached hydrogens (primary N) is 1. The van der Waals surface area contributed by atoms with Crippen LogP contribution in [0.15, 0.2) is 22.7 Å². The SMILES string of the molecule is CC(C)(C)[C@H](N)C(=O)NCCc1ccc(F)c(Br)c1.Cl. The van der Waals surface area contributed by atoms with Gasteiger partial charge in [-0.3, -0.25) is 4.79 Å². The van der Waals surface area contributed by atoms with Gasteiger partial charge in [0.2, 0.25) is 5.91 Å². The maximum atomic E-state index is 13.1. The van der Waals surface area contributed by atoms with E-state index in [-0.39, 0.29) is 29.5 Å². The molecule has 0 aliphatic rings. The lowest BCUT2D eigenvalue weighted by Crippen LogP contribution is -2.48. The molecule has 3 N–H and O–H groups in total. The van der Waals surface area contributed by atoms with Gasteiger partial charge in [0.15, 0.2) is 0 Å². The second kappa shape index (κ2) is 7.96. The van der Waals surface area contributed by atoms with Gasteiger partial charge in [-0.15, -0.1) is 12.4 Å². The Bertz CT molecular complexity index is 463. The van der Waals surface area contributed by atoms with Crippen molar-refractivity contribution in [1.82, 2.24) is 5.32 Å². The van der Waals surface area contributed by atoms with Crippen molar-refractivity contribution < 1.29 is 9.18 Å². The Balaban J connectivity index is 0.00000361. The molecule has 0 unspecified atom stereocenters. The quantitative estimate of drug-likeness (QED) is 0.859. The summed E-state index contributed by atoms with van der Waals surface area (Å²) < 4.78 is 13.5. The average molecular weight is 368 g/mol.